The van der Waals surface area contributed by atoms with E-state index in [2.05, 4.69) is 20.3 Å². The Morgan fingerprint density at radius 1 is 1.20 bits per heavy atom. The van der Waals surface area contributed by atoms with Gasteiger partial charge in [0.05, 0.1) is 23.7 Å². The van der Waals surface area contributed by atoms with Crippen LogP contribution < -0.4 is 10.1 Å². The van der Waals surface area contributed by atoms with Gasteiger partial charge in [0.25, 0.3) is 5.91 Å². The van der Waals surface area contributed by atoms with Crippen molar-refractivity contribution in [3.63, 3.8) is 0 Å². The van der Waals surface area contributed by atoms with Crippen molar-refractivity contribution < 1.29 is 9.53 Å². The number of nitrogens with one attached hydrogen (secondary N) is 1. The number of hydrogen-bond acceptors (Lipinski definition) is 5. The summed E-state index contributed by atoms with van der Waals surface area (Å²) in [5.74, 6) is -0.216. The Labute approximate surface area is 117 Å². The van der Waals surface area contributed by atoms with Crippen LogP contribution in [0.5, 0.6) is 6.01 Å². The van der Waals surface area contributed by atoms with Crippen molar-refractivity contribution in [1.29, 1.82) is 0 Å². The number of pyridine rings is 1. The molecule has 1 N–H and O–H groups in total. The second-order valence-electron chi connectivity index (χ2n) is 4.18. The third-order valence-corrected chi connectivity index (χ3v) is 2.70. The van der Waals surface area contributed by atoms with Crippen molar-refractivity contribution in [1.82, 2.24) is 15.0 Å². The van der Waals surface area contributed by atoms with Crippen LogP contribution in [0.1, 0.15) is 28.7 Å². The van der Waals surface area contributed by atoms with E-state index >= 15 is 0 Å². The Balaban J connectivity index is 2.24. The minimum Gasteiger partial charge on any atom is -0.464 e. The van der Waals surface area contributed by atoms with E-state index < -0.39 is 0 Å². The van der Waals surface area contributed by atoms with Crippen LogP contribution in [0, 0.1) is 13.8 Å². The summed E-state index contributed by atoms with van der Waals surface area (Å²) in [6.45, 7) is 5.98. The number of anilines is 1. The van der Waals surface area contributed by atoms with Crippen LogP contribution >= 0.6 is 0 Å². The van der Waals surface area contributed by atoms with Gasteiger partial charge in [-0.1, -0.05) is 0 Å². The maximum atomic E-state index is 12.1. The van der Waals surface area contributed by atoms with E-state index in [1.54, 1.807) is 38.4 Å². The minimum absolute atomic E-state index is 0.216. The van der Waals surface area contributed by atoms with Gasteiger partial charge in [0.1, 0.15) is 0 Å². The summed E-state index contributed by atoms with van der Waals surface area (Å²) in [4.78, 5) is 24.4. The summed E-state index contributed by atoms with van der Waals surface area (Å²) >= 11 is 0. The average Bonchev–Trinajstić information content (AvgIpc) is 2.44. The summed E-state index contributed by atoms with van der Waals surface area (Å²) in [5, 5.41) is 2.82. The van der Waals surface area contributed by atoms with Crippen LogP contribution in [0.2, 0.25) is 0 Å². The second-order valence-corrected chi connectivity index (χ2v) is 4.18. The molecule has 0 atom stereocenters. The lowest BCUT2D eigenvalue weighted by Crippen LogP contribution is -2.15. The number of aryl methyl sites for hydroxylation is 2. The van der Waals surface area contributed by atoms with Gasteiger partial charge >= 0.3 is 6.01 Å². The summed E-state index contributed by atoms with van der Waals surface area (Å²) in [5.41, 5.74) is 2.48. The number of ether oxygens (including phenoxy) is 1. The van der Waals surface area contributed by atoms with E-state index in [0.717, 1.165) is 0 Å². The molecule has 0 aromatic carbocycles. The van der Waals surface area contributed by atoms with Crippen molar-refractivity contribution >= 4 is 11.6 Å². The van der Waals surface area contributed by atoms with Crippen LogP contribution in [0.25, 0.3) is 0 Å². The fourth-order valence-corrected chi connectivity index (χ4v) is 1.75. The highest BCUT2D eigenvalue weighted by atomic mass is 16.5. The molecule has 0 fully saturated rings. The van der Waals surface area contributed by atoms with Crippen molar-refractivity contribution in [2.75, 3.05) is 11.9 Å². The van der Waals surface area contributed by atoms with Gasteiger partial charge in [-0.05, 0) is 32.9 Å². The number of carbonyl (C=O) groups excluding carboxylic acids is 1. The molecule has 6 heteroatoms. The van der Waals surface area contributed by atoms with Crippen LogP contribution in [0.15, 0.2) is 24.5 Å². The molecule has 0 radical (unpaired) electrons. The largest absolute Gasteiger partial charge is 0.464 e. The molecule has 20 heavy (non-hydrogen) atoms. The molecule has 2 heterocycles. The number of aromatic nitrogens is 3. The Hall–Kier alpha value is -2.50. The van der Waals surface area contributed by atoms with E-state index in [9.17, 15) is 4.79 Å². The van der Waals surface area contributed by atoms with Crippen molar-refractivity contribution in [2.45, 2.75) is 20.8 Å². The average molecular weight is 272 g/mol. The third-order valence-electron chi connectivity index (χ3n) is 2.70. The van der Waals surface area contributed by atoms with E-state index in [1.807, 2.05) is 6.92 Å². The third kappa shape index (κ3) is 3.09. The first-order chi connectivity index (χ1) is 9.61. The molecule has 0 spiro atoms. The van der Waals surface area contributed by atoms with Crippen LogP contribution in [-0.2, 0) is 0 Å². The number of amides is 1. The predicted molar refractivity (Wildman–Crippen MR) is 74.9 cm³/mol. The SMILES string of the molecule is CCOc1nc(C)c(NC(=O)c2ccncc2)c(C)n1. The summed E-state index contributed by atoms with van der Waals surface area (Å²) in [6, 6.07) is 3.62. The van der Waals surface area contributed by atoms with Crippen LogP contribution in [0.3, 0.4) is 0 Å². The van der Waals surface area contributed by atoms with E-state index in [0.29, 0.717) is 35.3 Å². The smallest absolute Gasteiger partial charge is 0.316 e. The highest BCUT2D eigenvalue weighted by molar-refractivity contribution is 6.04. The Kier molecular flexibility index (Phi) is 4.24. The molecule has 0 aliphatic rings. The van der Waals surface area contributed by atoms with Gasteiger partial charge in [-0.15, -0.1) is 0 Å². The zero-order valence-corrected chi connectivity index (χ0v) is 11.7. The first-order valence-corrected chi connectivity index (χ1v) is 6.31. The Morgan fingerprint density at radius 2 is 1.80 bits per heavy atom. The first-order valence-electron chi connectivity index (χ1n) is 6.31. The molecule has 0 aliphatic carbocycles. The Bertz CT molecular complexity index is 591. The monoisotopic (exact) mass is 272 g/mol. The molecule has 104 valence electrons. The molecule has 2 aromatic heterocycles. The summed E-state index contributed by atoms with van der Waals surface area (Å²) < 4.78 is 5.27. The maximum Gasteiger partial charge on any atom is 0.316 e. The van der Waals surface area contributed by atoms with E-state index in [1.165, 1.54) is 0 Å². The molecule has 0 saturated heterocycles. The van der Waals surface area contributed by atoms with Gasteiger partial charge in [-0.25, -0.2) is 0 Å². The zero-order valence-electron chi connectivity index (χ0n) is 11.7. The van der Waals surface area contributed by atoms with Gasteiger partial charge in [-0.3, -0.25) is 9.78 Å². The minimum atomic E-state index is -0.216. The molecule has 2 aromatic rings. The fourth-order valence-electron chi connectivity index (χ4n) is 1.75. The maximum absolute atomic E-state index is 12.1. The van der Waals surface area contributed by atoms with Crippen molar-refractivity contribution in [2.24, 2.45) is 0 Å². The predicted octanol–water partition coefficient (Wildman–Crippen LogP) is 2.14. The second kappa shape index (κ2) is 6.10. The van der Waals surface area contributed by atoms with Gasteiger partial charge in [0.15, 0.2) is 0 Å². The van der Waals surface area contributed by atoms with Gasteiger partial charge < -0.3 is 10.1 Å². The van der Waals surface area contributed by atoms with Crippen molar-refractivity contribution in [3.05, 3.63) is 41.5 Å². The standard InChI is InChI=1S/C14H16N4O2/c1-4-20-14-16-9(2)12(10(3)17-14)18-13(19)11-5-7-15-8-6-11/h5-8H,4H2,1-3H3,(H,18,19). The molecule has 6 nitrogen and oxygen atoms in total. The summed E-state index contributed by atoms with van der Waals surface area (Å²) in [6.07, 6.45) is 3.15. The molecule has 0 aliphatic heterocycles. The van der Waals surface area contributed by atoms with Crippen LogP contribution in [0.4, 0.5) is 5.69 Å². The lowest BCUT2D eigenvalue weighted by atomic mass is 10.2. The molecule has 1 amide bonds. The Morgan fingerprint density at radius 3 is 2.35 bits per heavy atom. The molecule has 0 saturated carbocycles. The van der Waals surface area contributed by atoms with E-state index in [4.69, 9.17) is 4.74 Å². The fraction of sp³-hybridized carbons (Fsp3) is 0.286. The number of hydrogen-bond donors (Lipinski definition) is 1. The molecule has 0 bridgehead atoms. The van der Waals surface area contributed by atoms with Gasteiger partial charge in [0.2, 0.25) is 0 Å². The summed E-state index contributed by atoms with van der Waals surface area (Å²) in [7, 11) is 0. The van der Waals surface area contributed by atoms with Crippen molar-refractivity contribution in [3.8, 4) is 6.01 Å². The van der Waals surface area contributed by atoms with Gasteiger partial charge in [-0.2, -0.15) is 9.97 Å². The lowest BCUT2D eigenvalue weighted by Gasteiger charge is -2.12. The van der Waals surface area contributed by atoms with Gasteiger partial charge in [0, 0.05) is 18.0 Å². The number of nitrogens with zero attached hydrogens (tertiary/aromatic N) is 3. The molecule has 2 rings (SSSR count). The topological polar surface area (TPSA) is 77.0 Å². The van der Waals surface area contributed by atoms with Crippen LogP contribution in [-0.4, -0.2) is 27.5 Å². The molecule has 0 unspecified atom stereocenters. The lowest BCUT2D eigenvalue weighted by molar-refractivity contribution is 0.102. The first kappa shape index (κ1) is 13.9. The molecular weight excluding hydrogens is 256 g/mol. The van der Waals surface area contributed by atoms with E-state index in [-0.39, 0.29) is 5.91 Å². The number of rotatable bonds is 4. The number of carbonyl (C=O) groups is 1. The quantitative estimate of drug-likeness (QED) is 0.922. The highest BCUT2D eigenvalue weighted by Gasteiger charge is 2.13. The highest BCUT2D eigenvalue weighted by Crippen LogP contribution is 2.20. The zero-order chi connectivity index (χ0) is 14.5. The molecular formula is C14H16N4O2. The normalized spacial score (nSPS) is 10.2.